The van der Waals surface area contributed by atoms with E-state index in [0.29, 0.717) is 12.5 Å². The molecule has 2 N–H and O–H groups in total. The number of nitrogens with one attached hydrogen (secondary N) is 1. The highest BCUT2D eigenvalue weighted by atomic mass is 16.5. The first kappa shape index (κ1) is 12.8. The van der Waals surface area contributed by atoms with Crippen molar-refractivity contribution in [3.05, 3.63) is 0 Å². The molecule has 98 valence electrons. The van der Waals surface area contributed by atoms with Gasteiger partial charge in [0.1, 0.15) is 5.60 Å². The molecule has 1 heterocycles. The molecule has 4 nitrogen and oxygen atoms in total. The lowest BCUT2D eigenvalue weighted by Crippen LogP contribution is -2.49. The summed E-state index contributed by atoms with van der Waals surface area (Å²) < 4.78 is 5.53. The summed E-state index contributed by atoms with van der Waals surface area (Å²) in [6, 6.07) is 0.270. The van der Waals surface area contributed by atoms with Crippen LogP contribution in [0.15, 0.2) is 0 Å². The monoisotopic (exact) mass is 241 g/mol. The van der Waals surface area contributed by atoms with Crippen LogP contribution in [0.5, 0.6) is 0 Å². The highest BCUT2D eigenvalue weighted by Crippen LogP contribution is 2.27. The van der Waals surface area contributed by atoms with Gasteiger partial charge in [-0.25, -0.2) is 0 Å². The maximum absolute atomic E-state index is 12.1. The second-order valence-corrected chi connectivity index (χ2v) is 5.56. The van der Waals surface area contributed by atoms with Gasteiger partial charge in [0.15, 0.2) is 0 Å². The van der Waals surface area contributed by atoms with E-state index in [0.717, 1.165) is 38.5 Å². The Morgan fingerprint density at radius 3 is 2.65 bits per heavy atom. The second-order valence-electron chi connectivity index (χ2n) is 5.56. The van der Waals surface area contributed by atoms with Gasteiger partial charge in [-0.2, -0.15) is 0 Å². The summed E-state index contributed by atoms with van der Waals surface area (Å²) in [7, 11) is 0. The highest BCUT2D eigenvalue weighted by molar-refractivity contribution is 5.85. The van der Waals surface area contributed by atoms with Crippen LogP contribution >= 0.6 is 0 Å². The predicted molar refractivity (Wildman–Crippen MR) is 64.6 cm³/mol. The number of hydrogen-bond donors (Lipinski definition) is 2. The van der Waals surface area contributed by atoms with Crippen molar-refractivity contribution in [3.63, 3.8) is 0 Å². The number of hydrogen-bond acceptors (Lipinski definition) is 3. The van der Waals surface area contributed by atoms with Crippen molar-refractivity contribution in [2.24, 2.45) is 5.92 Å². The molecule has 1 unspecified atom stereocenters. The van der Waals surface area contributed by atoms with Gasteiger partial charge in [-0.1, -0.05) is 0 Å². The van der Waals surface area contributed by atoms with E-state index in [1.165, 1.54) is 0 Å². The molecule has 1 aliphatic heterocycles. The van der Waals surface area contributed by atoms with E-state index in [1.54, 1.807) is 0 Å². The summed E-state index contributed by atoms with van der Waals surface area (Å²) in [6.45, 7) is 2.86. The van der Waals surface area contributed by atoms with E-state index in [2.05, 4.69) is 5.32 Å². The number of carbonyl (C=O) groups is 1. The van der Waals surface area contributed by atoms with Crippen molar-refractivity contribution in [1.29, 1.82) is 0 Å². The molecule has 1 saturated carbocycles. The van der Waals surface area contributed by atoms with Crippen LogP contribution in [0.25, 0.3) is 0 Å². The molecule has 1 aliphatic carbocycles. The fraction of sp³-hybridized carbons (Fsp3) is 0.923. The lowest BCUT2D eigenvalue weighted by molar-refractivity contribution is -0.140. The summed E-state index contributed by atoms with van der Waals surface area (Å²) in [6.07, 6.45) is 5.78. The molecular weight excluding hydrogens is 218 g/mol. The average Bonchev–Trinajstić information content (AvgIpc) is 2.78. The van der Waals surface area contributed by atoms with Crippen molar-refractivity contribution >= 4 is 5.91 Å². The number of rotatable bonds is 3. The van der Waals surface area contributed by atoms with Gasteiger partial charge >= 0.3 is 0 Å². The molecule has 0 radical (unpaired) electrons. The zero-order valence-corrected chi connectivity index (χ0v) is 10.6. The van der Waals surface area contributed by atoms with Crippen molar-refractivity contribution in [1.82, 2.24) is 5.32 Å². The zero-order chi connectivity index (χ0) is 12.3. The van der Waals surface area contributed by atoms with E-state index in [1.807, 2.05) is 6.92 Å². The van der Waals surface area contributed by atoms with E-state index in [4.69, 9.17) is 9.84 Å². The summed E-state index contributed by atoms with van der Waals surface area (Å²) in [5.41, 5.74) is -0.603. The van der Waals surface area contributed by atoms with Gasteiger partial charge in [0.25, 0.3) is 5.91 Å². The van der Waals surface area contributed by atoms with Crippen molar-refractivity contribution < 1.29 is 14.6 Å². The normalized spacial score (nSPS) is 38.0. The van der Waals surface area contributed by atoms with Gasteiger partial charge in [0.05, 0.1) is 0 Å². The maximum atomic E-state index is 12.1. The minimum Gasteiger partial charge on any atom is -0.396 e. The van der Waals surface area contributed by atoms with Gasteiger partial charge in [0, 0.05) is 19.3 Å². The Bertz CT molecular complexity index is 266. The Hall–Kier alpha value is -0.610. The van der Waals surface area contributed by atoms with E-state index in [9.17, 15) is 4.79 Å². The minimum absolute atomic E-state index is 0.0439. The number of amides is 1. The Morgan fingerprint density at radius 1 is 1.41 bits per heavy atom. The standard InChI is InChI=1S/C13H23NO3/c1-13(7-2-8-17-13)12(16)14-11-5-3-10(9-15)4-6-11/h10-11,15H,2-9H2,1H3,(H,14,16). The average molecular weight is 241 g/mol. The Morgan fingerprint density at radius 2 is 2.12 bits per heavy atom. The topological polar surface area (TPSA) is 58.6 Å². The van der Waals surface area contributed by atoms with Gasteiger partial charge in [-0.05, 0) is 51.4 Å². The molecule has 2 fully saturated rings. The third kappa shape index (κ3) is 2.99. The molecule has 0 bridgehead atoms. The van der Waals surface area contributed by atoms with Crippen LogP contribution in [0, 0.1) is 5.92 Å². The summed E-state index contributed by atoms with van der Waals surface area (Å²) in [5.74, 6) is 0.476. The first-order valence-electron chi connectivity index (χ1n) is 6.70. The number of ether oxygens (including phenoxy) is 1. The Balaban J connectivity index is 1.79. The molecule has 17 heavy (non-hydrogen) atoms. The molecule has 0 aromatic rings. The quantitative estimate of drug-likeness (QED) is 0.781. The smallest absolute Gasteiger partial charge is 0.252 e. The molecule has 1 atom stereocenters. The second kappa shape index (κ2) is 5.36. The third-order valence-corrected chi connectivity index (χ3v) is 4.14. The molecule has 2 rings (SSSR count). The SMILES string of the molecule is CC1(C(=O)NC2CCC(CO)CC2)CCCO1. The summed E-state index contributed by atoms with van der Waals surface area (Å²) in [5, 5.41) is 12.2. The third-order valence-electron chi connectivity index (χ3n) is 4.14. The lowest BCUT2D eigenvalue weighted by atomic mass is 9.86. The van der Waals surface area contributed by atoms with Crippen LogP contribution in [-0.2, 0) is 9.53 Å². The molecule has 0 aromatic heterocycles. The van der Waals surface area contributed by atoms with Crippen molar-refractivity contribution in [3.8, 4) is 0 Å². The largest absolute Gasteiger partial charge is 0.396 e. The van der Waals surface area contributed by atoms with Gasteiger partial charge in [-0.3, -0.25) is 4.79 Å². The van der Waals surface area contributed by atoms with E-state index < -0.39 is 5.60 Å². The Labute approximate surface area is 103 Å². The van der Waals surface area contributed by atoms with E-state index in [-0.39, 0.29) is 18.6 Å². The van der Waals surface area contributed by atoms with Gasteiger partial charge in [0.2, 0.25) is 0 Å². The number of aliphatic hydroxyl groups excluding tert-OH is 1. The number of carbonyl (C=O) groups excluding carboxylic acids is 1. The zero-order valence-electron chi connectivity index (χ0n) is 10.6. The first-order valence-corrected chi connectivity index (χ1v) is 6.70. The summed E-state index contributed by atoms with van der Waals surface area (Å²) in [4.78, 5) is 12.1. The fourth-order valence-electron chi connectivity index (χ4n) is 2.79. The molecule has 1 amide bonds. The first-order chi connectivity index (χ1) is 8.14. The van der Waals surface area contributed by atoms with Crippen LogP contribution in [-0.4, -0.2) is 35.9 Å². The van der Waals surface area contributed by atoms with Crippen molar-refractivity contribution in [2.45, 2.75) is 57.1 Å². The van der Waals surface area contributed by atoms with Crippen LogP contribution < -0.4 is 5.32 Å². The van der Waals surface area contributed by atoms with E-state index >= 15 is 0 Å². The van der Waals surface area contributed by atoms with Gasteiger partial charge in [-0.15, -0.1) is 0 Å². The van der Waals surface area contributed by atoms with Crippen molar-refractivity contribution in [2.75, 3.05) is 13.2 Å². The van der Waals surface area contributed by atoms with Crippen LogP contribution in [0.3, 0.4) is 0 Å². The van der Waals surface area contributed by atoms with Crippen LogP contribution in [0.2, 0.25) is 0 Å². The van der Waals surface area contributed by atoms with Gasteiger partial charge < -0.3 is 15.2 Å². The molecule has 2 aliphatic rings. The number of aliphatic hydroxyl groups is 1. The highest BCUT2D eigenvalue weighted by Gasteiger charge is 2.38. The van der Waals surface area contributed by atoms with Crippen LogP contribution in [0.1, 0.15) is 45.4 Å². The molecule has 4 heteroatoms. The maximum Gasteiger partial charge on any atom is 0.252 e. The fourth-order valence-corrected chi connectivity index (χ4v) is 2.79. The molecule has 0 aromatic carbocycles. The molecule has 1 saturated heterocycles. The predicted octanol–water partition coefficient (Wildman–Crippen LogP) is 1.22. The molecule has 0 spiro atoms. The minimum atomic E-state index is -0.603. The molecular formula is C13H23NO3. The Kier molecular flexibility index (Phi) is 4.05. The lowest BCUT2D eigenvalue weighted by Gasteiger charge is -2.31. The summed E-state index contributed by atoms with van der Waals surface area (Å²) >= 11 is 0. The van der Waals surface area contributed by atoms with Crippen LogP contribution in [0.4, 0.5) is 0 Å².